The van der Waals surface area contributed by atoms with Crippen molar-refractivity contribution in [2.45, 2.75) is 38.5 Å². The Bertz CT molecular complexity index is 359. The molecule has 1 heterocycles. The lowest BCUT2D eigenvalue weighted by Gasteiger charge is -2.22. The Hall–Kier alpha value is -0.900. The second-order valence-corrected chi connectivity index (χ2v) is 5.90. The minimum Gasteiger partial charge on any atom is -0.389 e. The highest BCUT2D eigenvalue weighted by Crippen LogP contribution is 2.14. The fourth-order valence-electron chi connectivity index (χ4n) is 2.38. The summed E-state index contributed by atoms with van der Waals surface area (Å²) in [5, 5.41) is 13.1. The van der Waals surface area contributed by atoms with E-state index in [-0.39, 0.29) is 0 Å². The fraction of sp³-hybridized carbons (Fsp3) is 0.600. The van der Waals surface area contributed by atoms with Gasteiger partial charge in [0.05, 0.1) is 5.60 Å². The van der Waals surface area contributed by atoms with Gasteiger partial charge in [0.2, 0.25) is 0 Å². The molecule has 18 heavy (non-hydrogen) atoms. The molecule has 0 amide bonds. The van der Waals surface area contributed by atoms with Crippen LogP contribution in [0.25, 0.3) is 0 Å². The monoisotopic (exact) mass is 248 g/mol. The standard InChI is InChI=1S/C15H24N2O/c1-15(2,18)12-16-14-8-9-17(11-14)10-13-6-4-3-5-7-13/h3-7,14,16,18H,8-12H2,1-2H3. The predicted octanol–water partition coefficient (Wildman–Crippen LogP) is 1.62. The summed E-state index contributed by atoms with van der Waals surface area (Å²) in [4.78, 5) is 2.47. The molecule has 2 rings (SSSR count). The summed E-state index contributed by atoms with van der Waals surface area (Å²) >= 11 is 0. The van der Waals surface area contributed by atoms with Gasteiger partial charge < -0.3 is 10.4 Å². The van der Waals surface area contributed by atoms with E-state index in [0.717, 1.165) is 19.6 Å². The van der Waals surface area contributed by atoms with Crippen molar-refractivity contribution in [3.8, 4) is 0 Å². The van der Waals surface area contributed by atoms with Gasteiger partial charge >= 0.3 is 0 Å². The highest BCUT2D eigenvalue weighted by molar-refractivity contribution is 5.14. The zero-order valence-electron chi connectivity index (χ0n) is 11.4. The molecule has 3 heteroatoms. The van der Waals surface area contributed by atoms with Gasteiger partial charge in [0.25, 0.3) is 0 Å². The molecule has 0 bridgehead atoms. The molecule has 2 N–H and O–H groups in total. The van der Waals surface area contributed by atoms with Crippen molar-refractivity contribution < 1.29 is 5.11 Å². The van der Waals surface area contributed by atoms with E-state index < -0.39 is 5.60 Å². The second kappa shape index (κ2) is 5.83. The van der Waals surface area contributed by atoms with Crippen molar-refractivity contribution >= 4 is 0 Å². The van der Waals surface area contributed by atoms with Crippen LogP contribution >= 0.6 is 0 Å². The Balaban J connectivity index is 1.75. The van der Waals surface area contributed by atoms with Gasteiger partial charge in [-0.1, -0.05) is 30.3 Å². The molecule has 100 valence electrons. The molecule has 1 aromatic rings. The molecule has 0 radical (unpaired) electrons. The molecule has 1 aliphatic rings. The zero-order valence-corrected chi connectivity index (χ0v) is 11.4. The number of nitrogens with one attached hydrogen (secondary N) is 1. The molecule has 1 aromatic carbocycles. The third-order valence-corrected chi connectivity index (χ3v) is 3.34. The topological polar surface area (TPSA) is 35.5 Å². The summed E-state index contributed by atoms with van der Waals surface area (Å²) in [6, 6.07) is 11.1. The van der Waals surface area contributed by atoms with Gasteiger partial charge in [-0.15, -0.1) is 0 Å². The quantitative estimate of drug-likeness (QED) is 0.831. The lowest BCUT2D eigenvalue weighted by atomic mass is 10.1. The van der Waals surface area contributed by atoms with Crippen LogP contribution in [0.1, 0.15) is 25.8 Å². The SMILES string of the molecule is CC(C)(O)CNC1CCN(Cc2ccccc2)C1. The molecule has 0 aliphatic carbocycles. The first-order valence-electron chi connectivity index (χ1n) is 6.75. The van der Waals surface area contributed by atoms with Crippen molar-refractivity contribution in [2.24, 2.45) is 0 Å². The van der Waals surface area contributed by atoms with Gasteiger partial charge in [0.15, 0.2) is 0 Å². The molecular weight excluding hydrogens is 224 g/mol. The molecule has 3 nitrogen and oxygen atoms in total. The molecule has 1 saturated heterocycles. The van der Waals surface area contributed by atoms with E-state index in [9.17, 15) is 5.11 Å². The number of rotatable bonds is 5. The first-order chi connectivity index (χ1) is 8.53. The van der Waals surface area contributed by atoms with Crippen molar-refractivity contribution in [3.05, 3.63) is 35.9 Å². The summed E-state index contributed by atoms with van der Waals surface area (Å²) in [5.74, 6) is 0. The van der Waals surface area contributed by atoms with E-state index in [1.807, 2.05) is 13.8 Å². The maximum atomic E-state index is 9.70. The van der Waals surface area contributed by atoms with E-state index >= 15 is 0 Å². The average Bonchev–Trinajstić information content (AvgIpc) is 2.75. The largest absolute Gasteiger partial charge is 0.389 e. The smallest absolute Gasteiger partial charge is 0.0715 e. The van der Waals surface area contributed by atoms with E-state index in [1.165, 1.54) is 12.0 Å². The van der Waals surface area contributed by atoms with E-state index in [1.54, 1.807) is 0 Å². The number of hydrogen-bond donors (Lipinski definition) is 2. The lowest BCUT2D eigenvalue weighted by molar-refractivity contribution is 0.0766. The number of benzene rings is 1. The summed E-state index contributed by atoms with van der Waals surface area (Å²) in [7, 11) is 0. The molecule has 1 unspecified atom stereocenters. The van der Waals surface area contributed by atoms with Crippen molar-refractivity contribution in [3.63, 3.8) is 0 Å². The maximum Gasteiger partial charge on any atom is 0.0715 e. The van der Waals surface area contributed by atoms with Crippen LogP contribution in [0.15, 0.2) is 30.3 Å². The lowest BCUT2D eigenvalue weighted by Crippen LogP contribution is -2.41. The van der Waals surface area contributed by atoms with Crippen LogP contribution in [0.5, 0.6) is 0 Å². The third kappa shape index (κ3) is 4.41. The van der Waals surface area contributed by atoms with Crippen LogP contribution in [0.4, 0.5) is 0 Å². The van der Waals surface area contributed by atoms with Gasteiger partial charge in [-0.2, -0.15) is 0 Å². The minimum atomic E-state index is -0.618. The first kappa shape index (κ1) is 13.5. The van der Waals surface area contributed by atoms with Crippen molar-refractivity contribution in [2.75, 3.05) is 19.6 Å². The molecule has 0 spiro atoms. The molecule has 0 aromatic heterocycles. The molecule has 1 fully saturated rings. The summed E-state index contributed by atoms with van der Waals surface area (Å²) in [5.41, 5.74) is 0.757. The Kier molecular flexibility index (Phi) is 4.38. The number of nitrogens with zero attached hydrogens (tertiary/aromatic N) is 1. The van der Waals surface area contributed by atoms with Gasteiger partial charge in [-0.05, 0) is 25.8 Å². The Morgan fingerprint density at radius 1 is 1.33 bits per heavy atom. The van der Waals surface area contributed by atoms with Crippen LogP contribution in [0, 0.1) is 0 Å². The van der Waals surface area contributed by atoms with Crippen LogP contribution in [0.3, 0.4) is 0 Å². The van der Waals surface area contributed by atoms with Crippen molar-refractivity contribution in [1.29, 1.82) is 0 Å². The van der Waals surface area contributed by atoms with Crippen LogP contribution in [-0.4, -0.2) is 41.3 Å². The normalized spacial score (nSPS) is 21.4. The highest BCUT2D eigenvalue weighted by Gasteiger charge is 2.23. The molecule has 1 atom stereocenters. The first-order valence-corrected chi connectivity index (χ1v) is 6.75. The highest BCUT2D eigenvalue weighted by atomic mass is 16.3. The molecular formula is C15H24N2O. The van der Waals surface area contributed by atoms with Crippen LogP contribution < -0.4 is 5.32 Å². The van der Waals surface area contributed by atoms with E-state index in [2.05, 4.69) is 40.5 Å². The van der Waals surface area contributed by atoms with Gasteiger partial charge in [0, 0.05) is 32.2 Å². The fourth-order valence-corrected chi connectivity index (χ4v) is 2.38. The number of likely N-dealkylation sites (tertiary alicyclic amines) is 1. The predicted molar refractivity (Wildman–Crippen MR) is 74.4 cm³/mol. The summed E-state index contributed by atoms with van der Waals surface area (Å²) in [6.45, 7) is 7.59. The van der Waals surface area contributed by atoms with E-state index in [0.29, 0.717) is 12.6 Å². The van der Waals surface area contributed by atoms with Gasteiger partial charge in [-0.25, -0.2) is 0 Å². The third-order valence-electron chi connectivity index (χ3n) is 3.34. The minimum absolute atomic E-state index is 0.514. The zero-order chi connectivity index (χ0) is 13.0. The molecule has 1 aliphatic heterocycles. The number of aliphatic hydroxyl groups is 1. The number of hydrogen-bond acceptors (Lipinski definition) is 3. The average molecular weight is 248 g/mol. The van der Waals surface area contributed by atoms with Crippen LogP contribution in [-0.2, 0) is 6.54 Å². The summed E-state index contributed by atoms with van der Waals surface area (Å²) in [6.07, 6.45) is 1.17. The van der Waals surface area contributed by atoms with E-state index in [4.69, 9.17) is 0 Å². The Morgan fingerprint density at radius 2 is 2.06 bits per heavy atom. The second-order valence-electron chi connectivity index (χ2n) is 5.90. The Morgan fingerprint density at radius 3 is 2.72 bits per heavy atom. The van der Waals surface area contributed by atoms with Gasteiger partial charge in [-0.3, -0.25) is 4.90 Å². The van der Waals surface area contributed by atoms with Gasteiger partial charge in [0.1, 0.15) is 0 Å². The summed E-state index contributed by atoms with van der Waals surface area (Å²) < 4.78 is 0. The maximum absolute atomic E-state index is 9.70. The van der Waals surface area contributed by atoms with Crippen molar-refractivity contribution in [1.82, 2.24) is 10.2 Å². The molecule has 0 saturated carbocycles. The van der Waals surface area contributed by atoms with Crippen LogP contribution in [0.2, 0.25) is 0 Å². The Labute approximate surface area is 110 Å².